The minimum absolute atomic E-state index is 0.116. The monoisotopic (exact) mass is 653 g/mol. The van der Waals surface area contributed by atoms with Crippen molar-refractivity contribution < 1.29 is 32.2 Å². The number of hydrogen-bond acceptors (Lipinski definition) is 6. The summed E-state index contributed by atoms with van der Waals surface area (Å²) in [6.45, 7) is 3.22. The quantitative estimate of drug-likeness (QED) is 0.298. The molecule has 1 aliphatic heterocycles. The number of nitrogens with one attached hydrogen (secondary N) is 2. The van der Waals surface area contributed by atoms with E-state index in [1.165, 1.54) is 48.3 Å². The zero-order valence-electron chi connectivity index (χ0n) is 26.8. The molecule has 0 aromatic heterocycles. The number of methoxy groups -OCH3 is 1. The maximum Gasteiger partial charge on any atom is 0.253 e. The number of rotatable bonds is 9. The van der Waals surface area contributed by atoms with E-state index in [4.69, 9.17) is 4.74 Å². The third-order valence-electron chi connectivity index (χ3n) is 8.42. The molecule has 0 unspecified atom stereocenters. The van der Waals surface area contributed by atoms with Crippen LogP contribution in [0, 0.1) is 5.82 Å². The summed E-state index contributed by atoms with van der Waals surface area (Å²) >= 11 is 0. The maximum atomic E-state index is 13.8. The molecule has 248 valence electrons. The topological polar surface area (TPSA) is 125 Å². The molecule has 11 heteroatoms. The Morgan fingerprint density at radius 2 is 1.67 bits per heavy atom. The van der Waals surface area contributed by atoms with Gasteiger partial charge in [-0.1, -0.05) is 24.3 Å². The SMILES string of the molecule is CO[C@H](C[C@H](O)[C@@H]1CCc2cccc(c2)CCCCc2cc(cc(N(C)S(=O)(=O)C(C)C)c2)C(=O)N1)C(=O)Nc1ccc(F)cc1. The number of amides is 2. The number of benzene rings is 3. The van der Waals surface area contributed by atoms with Gasteiger partial charge in [0.05, 0.1) is 23.1 Å². The van der Waals surface area contributed by atoms with Crippen molar-refractivity contribution in [1.82, 2.24) is 5.32 Å². The number of aryl methyl sites for hydroxylation is 3. The predicted molar refractivity (Wildman–Crippen MR) is 178 cm³/mol. The Bertz CT molecular complexity index is 1610. The van der Waals surface area contributed by atoms with Crippen molar-refractivity contribution in [2.24, 2.45) is 0 Å². The Kier molecular flexibility index (Phi) is 11.9. The molecule has 9 nitrogen and oxygen atoms in total. The number of fused-ring (bicyclic) bond motifs is 4. The highest BCUT2D eigenvalue weighted by molar-refractivity contribution is 7.93. The van der Waals surface area contributed by atoms with Crippen LogP contribution in [0.3, 0.4) is 0 Å². The molecule has 4 rings (SSSR count). The zero-order valence-corrected chi connectivity index (χ0v) is 27.6. The average Bonchev–Trinajstić information content (AvgIpc) is 3.04. The number of hydrogen-bond donors (Lipinski definition) is 3. The lowest BCUT2D eigenvalue weighted by Gasteiger charge is -2.27. The van der Waals surface area contributed by atoms with Gasteiger partial charge < -0.3 is 20.5 Å². The zero-order chi connectivity index (χ0) is 33.4. The van der Waals surface area contributed by atoms with Crippen LogP contribution in [0.25, 0.3) is 0 Å². The molecule has 0 saturated carbocycles. The number of sulfonamides is 1. The van der Waals surface area contributed by atoms with Crippen molar-refractivity contribution in [1.29, 1.82) is 0 Å². The second kappa shape index (κ2) is 15.7. The first-order chi connectivity index (χ1) is 21.9. The molecule has 3 N–H and O–H groups in total. The Morgan fingerprint density at radius 1 is 1.02 bits per heavy atom. The van der Waals surface area contributed by atoms with Gasteiger partial charge in [0.15, 0.2) is 0 Å². The van der Waals surface area contributed by atoms with Gasteiger partial charge >= 0.3 is 0 Å². The first kappa shape index (κ1) is 35.1. The van der Waals surface area contributed by atoms with Crippen LogP contribution >= 0.6 is 0 Å². The summed E-state index contributed by atoms with van der Waals surface area (Å²) in [7, 11) is -0.800. The summed E-state index contributed by atoms with van der Waals surface area (Å²) in [6.07, 6.45) is 1.92. The molecule has 3 aromatic carbocycles. The van der Waals surface area contributed by atoms with Crippen molar-refractivity contribution in [3.8, 4) is 0 Å². The smallest absolute Gasteiger partial charge is 0.253 e. The van der Waals surface area contributed by atoms with E-state index in [1.54, 1.807) is 26.0 Å². The summed E-state index contributed by atoms with van der Waals surface area (Å²) in [5, 5.41) is 16.4. The molecule has 0 fully saturated rings. The molecule has 1 aliphatic rings. The van der Waals surface area contributed by atoms with Crippen LogP contribution in [0.4, 0.5) is 15.8 Å². The highest BCUT2D eigenvalue weighted by Gasteiger charge is 2.30. The first-order valence-corrected chi connectivity index (χ1v) is 17.2. The molecule has 1 heterocycles. The van der Waals surface area contributed by atoms with E-state index >= 15 is 0 Å². The average molecular weight is 654 g/mol. The fourth-order valence-corrected chi connectivity index (χ4v) is 6.61. The minimum atomic E-state index is -3.64. The first-order valence-electron chi connectivity index (χ1n) is 15.6. The summed E-state index contributed by atoms with van der Waals surface area (Å²) < 4.78 is 46.0. The van der Waals surface area contributed by atoms with Gasteiger partial charge in [-0.2, -0.15) is 0 Å². The number of anilines is 2. The van der Waals surface area contributed by atoms with E-state index < -0.39 is 51.2 Å². The second-order valence-electron chi connectivity index (χ2n) is 12.1. The van der Waals surface area contributed by atoms with Gasteiger partial charge in [-0.3, -0.25) is 13.9 Å². The van der Waals surface area contributed by atoms with Crippen LogP contribution in [0.5, 0.6) is 0 Å². The summed E-state index contributed by atoms with van der Waals surface area (Å²) in [5.41, 5.74) is 4.16. The lowest BCUT2D eigenvalue weighted by Crippen LogP contribution is -2.46. The maximum absolute atomic E-state index is 13.8. The number of carbonyl (C=O) groups is 2. The number of aliphatic hydroxyl groups is 1. The Balaban J connectivity index is 1.63. The lowest BCUT2D eigenvalue weighted by atomic mass is 9.95. The standard InChI is InChI=1S/C35H44FN3O6S/c1-23(2)46(43,44)39(3)30-20-26-9-6-5-8-24-10-7-11-25(18-24)12-17-31(38-34(41)27(19-26)21-30)32(40)22-33(45-4)35(42)37-29-15-13-28(36)14-16-29/h7,10-11,13-16,18-21,23,31-33,40H,5-6,8-9,12,17,22H2,1-4H3,(H,37,42)(H,38,41)/t31-,32-,33+/m0/s1. The third kappa shape index (κ3) is 9.14. The predicted octanol–water partition coefficient (Wildman–Crippen LogP) is 5.01. The van der Waals surface area contributed by atoms with E-state index in [-0.39, 0.29) is 12.0 Å². The second-order valence-corrected chi connectivity index (χ2v) is 14.6. The number of nitrogens with zero attached hydrogens (tertiary/aromatic N) is 1. The van der Waals surface area contributed by atoms with Gasteiger partial charge in [0, 0.05) is 31.8 Å². The molecule has 0 aliphatic carbocycles. The van der Waals surface area contributed by atoms with Gasteiger partial charge in [-0.05, 0) is 112 Å². The summed E-state index contributed by atoms with van der Waals surface area (Å²) in [4.78, 5) is 26.8. The van der Waals surface area contributed by atoms with E-state index in [9.17, 15) is 27.5 Å². The van der Waals surface area contributed by atoms with E-state index in [0.717, 1.165) is 30.4 Å². The fraction of sp³-hybridized carbons (Fsp3) is 0.429. The highest BCUT2D eigenvalue weighted by atomic mass is 32.2. The van der Waals surface area contributed by atoms with Gasteiger partial charge in [0.2, 0.25) is 10.0 Å². The summed E-state index contributed by atoms with van der Waals surface area (Å²) in [6, 6.07) is 17.9. The van der Waals surface area contributed by atoms with Crippen LogP contribution in [0.15, 0.2) is 66.7 Å². The normalized spacial score (nSPS) is 17.3. The van der Waals surface area contributed by atoms with E-state index in [0.29, 0.717) is 30.6 Å². The van der Waals surface area contributed by atoms with Crippen LogP contribution in [-0.4, -0.2) is 63.0 Å². The van der Waals surface area contributed by atoms with E-state index in [2.05, 4.69) is 22.8 Å². The van der Waals surface area contributed by atoms with Gasteiger partial charge in [-0.15, -0.1) is 0 Å². The minimum Gasteiger partial charge on any atom is -0.391 e. The number of halogens is 1. The lowest BCUT2D eigenvalue weighted by molar-refractivity contribution is -0.127. The molecule has 3 aromatic rings. The Morgan fingerprint density at radius 3 is 2.33 bits per heavy atom. The molecule has 3 atom stereocenters. The van der Waals surface area contributed by atoms with Crippen LogP contribution in [-0.2, 0) is 38.8 Å². The molecule has 0 spiro atoms. The molecule has 2 amide bonds. The molecular formula is C35H44FN3O6S. The summed E-state index contributed by atoms with van der Waals surface area (Å²) in [5.74, 6) is -1.42. The largest absolute Gasteiger partial charge is 0.391 e. The van der Waals surface area contributed by atoms with Gasteiger partial charge in [0.1, 0.15) is 11.9 Å². The van der Waals surface area contributed by atoms with Crippen LogP contribution in [0.2, 0.25) is 0 Å². The molecule has 46 heavy (non-hydrogen) atoms. The van der Waals surface area contributed by atoms with Gasteiger partial charge in [0.25, 0.3) is 11.8 Å². The van der Waals surface area contributed by atoms with Crippen LogP contribution in [0.1, 0.15) is 66.6 Å². The Labute approximate surface area is 271 Å². The highest BCUT2D eigenvalue weighted by Crippen LogP contribution is 2.25. The van der Waals surface area contributed by atoms with E-state index in [1.807, 2.05) is 18.2 Å². The van der Waals surface area contributed by atoms with Gasteiger partial charge in [-0.25, -0.2) is 12.8 Å². The fourth-order valence-electron chi connectivity index (χ4n) is 5.58. The van der Waals surface area contributed by atoms with Crippen LogP contribution < -0.4 is 14.9 Å². The third-order valence-corrected chi connectivity index (χ3v) is 10.6. The van der Waals surface area contributed by atoms with Crippen molar-refractivity contribution in [3.05, 3.63) is 94.8 Å². The molecule has 4 bridgehead atoms. The number of aliphatic hydroxyl groups excluding tert-OH is 1. The molecule has 0 saturated heterocycles. The van der Waals surface area contributed by atoms with Crippen molar-refractivity contribution in [2.45, 2.75) is 82.3 Å². The van der Waals surface area contributed by atoms with Crippen molar-refractivity contribution in [3.63, 3.8) is 0 Å². The number of carbonyl (C=O) groups excluding carboxylic acids is 2. The molecular weight excluding hydrogens is 609 g/mol. The number of ether oxygens (including phenoxy) is 1. The van der Waals surface area contributed by atoms with Crippen molar-refractivity contribution in [2.75, 3.05) is 23.8 Å². The van der Waals surface area contributed by atoms with Crippen molar-refractivity contribution >= 4 is 33.2 Å². The molecule has 0 radical (unpaired) electrons. The Hall–Kier alpha value is -3.80.